The number of guanidine groups is 1. The van der Waals surface area contributed by atoms with Gasteiger partial charge in [-0.1, -0.05) is 20.8 Å². The number of halogens is 1. The minimum absolute atomic E-state index is 0. The largest absolute Gasteiger partial charge is 0.385 e. The van der Waals surface area contributed by atoms with Gasteiger partial charge in [0.25, 0.3) is 0 Å². The van der Waals surface area contributed by atoms with Crippen molar-refractivity contribution in [1.82, 2.24) is 20.9 Å². The van der Waals surface area contributed by atoms with E-state index in [1.165, 1.54) is 0 Å². The van der Waals surface area contributed by atoms with Gasteiger partial charge in [-0.15, -0.1) is 24.0 Å². The van der Waals surface area contributed by atoms with Crippen LogP contribution in [0.1, 0.15) is 40.0 Å². The molecule has 0 aromatic carbocycles. The highest BCUT2D eigenvalue weighted by Crippen LogP contribution is 2.12. The molecule has 26 heavy (non-hydrogen) atoms. The van der Waals surface area contributed by atoms with E-state index < -0.39 is 0 Å². The summed E-state index contributed by atoms with van der Waals surface area (Å²) < 4.78 is 5.11. The van der Waals surface area contributed by atoms with Crippen LogP contribution in [0.3, 0.4) is 0 Å². The normalized spacial score (nSPS) is 16.7. The van der Waals surface area contributed by atoms with Crippen LogP contribution >= 0.6 is 24.0 Å². The minimum atomic E-state index is -0.350. The molecule has 1 aliphatic heterocycles. The van der Waals surface area contributed by atoms with Gasteiger partial charge in [0.1, 0.15) is 0 Å². The van der Waals surface area contributed by atoms with Crippen molar-refractivity contribution < 1.29 is 9.53 Å². The van der Waals surface area contributed by atoms with Gasteiger partial charge >= 0.3 is 0 Å². The molecule has 7 nitrogen and oxygen atoms in total. The van der Waals surface area contributed by atoms with E-state index in [1.54, 1.807) is 14.2 Å². The summed E-state index contributed by atoms with van der Waals surface area (Å²) in [6.07, 6.45) is 3.33. The second-order valence-electron chi connectivity index (χ2n) is 7.61. The van der Waals surface area contributed by atoms with Gasteiger partial charge in [0.05, 0.1) is 0 Å². The van der Waals surface area contributed by atoms with Crippen LogP contribution in [0.2, 0.25) is 0 Å². The number of hydrogen-bond donors (Lipinski definition) is 3. The Bertz CT molecular complexity index is 418. The van der Waals surface area contributed by atoms with Crippen molar-refractivity contribution in [3.63, 3.8) is 0 Å². The molecular formula is C18H38IN5O2. The molecule has 3 N–H and O–H groups in total. The van der Waals surface area contributed by atoms with E-state index in [0.29, 0.717) is 19.1 Å². The highest BCUT2D eigenvalue weighted by molar-refractivity contribution is 14.0. The Morgan fingerprint density at radius 3 is 2.35 bits per heavy atom. The quantitative estimate of drug-likeness (QED) is 0.211. The summed E-state index contributed by atoms with van der Waals surface area (Å²) in [6.45, 7) is 11.2. The second kappa shape index (κ2) is 13.5. The maximum absolute atomic E-state index is 11.8. The summed E-state index contributed by atoms with van der Waals surface area (Å²) in [5, 5.41) is 9.69. The van der Waals surface area contributed by atoms with Crippen molar-refractivity contribution in [3.8, 4) is 0 Å². The highest BCUT2D eigenvalue weighted by atomic mass is 127. The number of likely N-dealkylation sites (tertiary alicyclic amines) is 1. The number of nitrogens with one attached hydrogen (secondary N) is 3. The lowest BCUT2D eigenvalue weighted by Crippen LogP contribution is -2.50. The van der Waals surface area contributed by atoms with Gasteiger partial charge < -0.3 is 25.6 Å². The van der Waals surface area contributed by atoms with Crippen LogP contribution in [-0.2, 0) is 9.53 Å². The van der Waals surface area contributed by atoms with E-state index in [0.717, 1.165) is 51.5 Å². The Labute approximate surface area is 176 Å². The molecule has 0 atom stereocenters. The van der Waals surface area contributed by atoms with Gasteiger partial charge in [-0.2, -0.15) is 0 Å². The topological polar surface area (TPSA) is 78.0 Å². The Balaban J connectivity index is 0.00000625. The molecule has 154 valence electrons. The molecule has 0 bridgehead atoms. The fraction of sp³-hybridized carbons (Fsp3) is 0.889. The molecular weight excluding hydrogens is 445 g/mol. The van der Waals surface area contributed by atoms with Crippen LogP contribution in [0.15, 0.2) is 4.99 Å². The molecule has 1 heterocycles. The molecule has 0 radical (unpaired) electrons. The van der Waals surface area contributed by atoms with Crippen molar-refractivity contribution in [2.75, 3.05) is 53.5 Å². The first-order chi connectivity index (χ1) is 11.9. The van der Waals surface area contributed by atoms with Gasteiger partial charge in [-0.05, 0) is 19.3 Å². The first-order valence-corrected chi connectivity index (χ1v) is 9.33. The van der Waals surface area contributed by atoms with Crippen molar-refractivity contribution in [3.05, 3.63) is 0 Å². The molecule has 0 unspecified atom stereocenters. The third-order valence-electron chi connectivity index (χ3n) is 4.36. The molecule has 0 spiro atoms. The zero-order valence-electron chi connectivity index (χ0n) is 17.1. The predicted molar refractivity (Wildman–Crippen MR) is 118 cm³/mol. The SMILES string of the molecule is CN=C(NCCNC(=O)C(C)(C)C)NC1CCN(CCCOC)CC1.I. The van der Waals surface area contributed by atoms with E-state index >= 15 is 0 Å². The monoisotopic (exact) mass is 483 g/mol. The number of ether oxygens (including phenoxy) is 1. The molecule has 0 saturated carbocycles. The molecule has 8 heteroatoms. The number of piperidine rings is 1. The van der Waals surface area contributed by atoms with Crippen LogP contribution in [0.5, 0.6) is 0 Å². The van der Waals surface area contributed by atoms with Crippen molar-refractivity contribution >= 4 is 35.8 Å². The third-order valence-corrected chi connectivity index (χ3v) is 4.36. The van der Waals surface area contributed by atoms with Crippen molar-refractivity contribution in [2.24, 2.45) is 10.4 Å². The fourth-order valence-corrected chi connectivity index (χ4v) is 2.74. The average molecular weight is 483 g/mol. The number of nitrogens with zero attached hydrogens (tertiary/aromatic N) is 2. The van der Waals surface area contributed by atoms with Gasteiger partial charge in [0.15, 0.2) is 5.96 Å². The molecule has 0 aliphatic carbocycles. The third kappa shape index (κ3) is 10.5. The second-order valence-corrected chi connectivity index (χ2v) is 7.61. The number of hydrogen-bond acceptors (Lipinski definition) is 4. The van der Waals surface area contributed by atoms with Crippen molar-refractivity contribution in [2.45, 2.75) is 46.1 Å². The molecule has 0 aromatic rings. The van der Waals surface area contributed by atoms with Crippen molar-refractivity contribution in [1.29, 1.82) is 0 Å². The summed E-state index contributed by atoms with van der Waals surface area (Å²) in [6, 6.07) is 0.453. The number of carbonyl (C=O) groups excluding carboxylic acids is 1. The molecule has 1 fully saturated rings. The fourth-order valence-electron chi connectivity index (χ4n) is 2.74. The van der Waals surface area contributed by atoms with E-state index in [9.17, 15) is 4.79 Å². The van der Waals surface area contributed by atoms with Crippen LogP contribution < -0.4 is 16.0 Å². The minimum Gasteiger partial charge on any atom is -0.385 e. The number of methoxy groups -OCH3 is 1. The first kappa shape index (κ1) is 25.4. The summed E-state index contributed by atoms with van der Waals surface area (Å²) in [4.78, 5) is 18.6. The summed E-state index contributed by atoms with van der Waals surface area (Å²) in [7, 11) is 3.53. The van der Waals surface area contributed by atoms with Gasteiger partial charge in [0.2, 0.25) is 5.91 Å². The Kier molecular flexibility index (Phi) is 13.2. The predicted octanol–water partition coefficient (Wildman–Crippen LogP) is 1.43. The maximum Gasteiger partial charge on any atom is 0.225 e. The van der Waals surface area contributed by atoms with E-state index in [4.69, 9.17) is 4.74 Å². The maximum atomic E-state index is 11.8. The van der Waals surface area contributed by atoms with E-state index in [1.807, 2.05) is 20.8 Å². The summed E-state index contributed by atoms with van der Waals surface area (Å²) in [5.74, 6) is 0.876. The zero-order valence-corrected chi connectivity index (χ0v) is 19.4. The lowest BCUT2D eigenvalue weighted by Gasteiger charge is -2.33. The Morgan fingerprint density at radius 2 is 1.81 bits per heavy atom. The van der Waals surface area contributed by atoms with Crippen LogP contribution in [0, 0.1) is 5.41 Å². The Hall–Kier alpha value is -0.610. The van der Waals surface area contributed by atoms with Gasteiger partial charge in [-0.3, -0.25) is 9.79 Å². The molecule has 1 saturated heterocycles. The molecule has 0 aromatic heterocycles. The first-order valence-electron chi connectivity index (χ1n) is 9.33. The number of aliphatic imine (C=N–C) groups is 1. The molecule has 1 rings (SSSR count). The van der Waals surface area contributed by atoms with Crippen LogP contribution in [0.4, 0.5) is 0 Å². The smallest absolute Gasteiger partial charge is 0.225 e. The summed E-state index contributed by atoms with van der Waals surface area (Å²) in [5.41, 5.74) is -0.350. The number of amides is 1. The highest BCUT2D eigenvalue weighted by Gasteiger charge is 2.21. The standard InChI is InChI=1S/C18H37N5O2.HI/c1-18(2,3)16(24)20-9-10-21-17(19-4)22-15-7-12-23(13-8-15)11-6-14-25-5;/h15H,6-14H2,1-5H3,(H,20,24)(H2,19,21,22);1H. The van der Waals surface area contributed by atoms with Gasteiger partial charge in [-0.25, -0.2) is 0 Å². The molecule has 1 aliphatic rings. The van der Waals surface area contributed by atoms with Crippen LogP contribution in [-0.4, -0.2) is 76.3 Å². The average Bonchev–Trinajstić information content (AvgIpc) is 2.58. The number of carbonyl (C=O) groups is 1. The zero-order chi connectivity index (χ0) is 18.7. The van der Waals surface area contributed by atoms with Gasteiger partial charge in [0, 0.05) is 64.9 Å². The molecule has 1 amide bonds. The lowest BCUT2D eigenvalue weighted by molar-refractivity contribution is -0.128. The lowest BCUT2D eigenvalue weighted by atomic mass is 9.96. The summed E-state index contributed by atoms with van der Waals surface area (Å²) >= 11 is 0. The Morgan fingerprint density at radius 1 is 1.19 bits per heavy atom. The van der Waals surface area contributed by atoms with E-state index in [-0.39, 0.29) is 35.3 Å². The number of rotatable bonds is 8. The van der Waals surface area contributed by atoms with Crippen LogP contribution in [0.25, 0.3) is 0 Å². The van der Waals surface area contributed by atoms with E-state index in [2.05, 4.69) is 25.8 Å².